The van der Waals surface area contributed by atoms with Crippen molar-refractivity contribution in [3.63, 3.8) is 0 Å². The van der Waals surface area contributed by atoms with Gasteiger partial charge in [-0.3, -0.25) is 4.79 Å². The van der Waals surface area contributed by atoms with Gasteiger partial charge >= 0.3 is 6.03 Å². The molecule has 0 radical (unpaired) electrons. The summed E-state index contributed by atoms with van der Waals surface area (Å²) in [5.74, 6) is -0.0749. The van der Waals surface area contributed by atoms with Crippen molar-refractivity contribution in [3.8, 4) is 0 Å². The summed E-state index contributed by atoms with van der Waals surface area (Å²) in [7, 11) is 0. The maximum atomic E-state index is 11.5. The number of carbonyl (C=O) groups excluding carboxylic acids is 2. The molecule has 0 saturated carbocycles. The van der Waals surface area contributed by atoms with Crippen LogP contribution in [0, 0.1) is 0 Å². The number of hydrogen-bond acceptors (Lipinski definition) is 2. The average Bonchev–Trinajstić information content (AvgIpc) is 2.39. The average molecular weight is 199 g/mol. The quantitative estimate of drug-likeness (QED) is 0.654. The van der Waals surface area contributed by atoms with Crippen molar-refractivity contribution in [2.45, 2.75) is 19.8 Å². The van der Waals surface area contributed by atoms with Gasteiger partial charge in [0.15, 0.2) is 0 Å². The fourth-order valence-electron chi connectivity index (χ4n) is 1.32. The summed E-state index contributed by atoms with van der Waals surface area (Å²) in [6.45, 7) is 4.15. The summed E-state index contributed by atoms with van der Waals surface area (Å²) in [5.41, 5.74) is 0. The van der Waals surface area contributed by atoms with E-state index in [9.17, 15) is 9.59 Å². The van der Waals surface area contributed by atoms with E-state index in [0.29, 0.717) is 19.6 Å². The lowest BCUT2D eigenvalue weighted by molar-refractivity contribution is -0.121. The van der Waals surface area contributed by atoms with E-state index in [1.54, 1.807) is 4.90 Å². The van der Waals surface area contributed by atoms with Crippen LogP contribution in [0.5, 0.6) is 0 Å². The third-order valence-corrected chi connectivity index (χ3v) is 2.07. The topological polar surface area (TPSA) is 61.4 Å². The Kier molecular flexibility index (Phi) is 4.22. The van der Waals surface area contributed by atoms with Crippen LogP contribution >= 0.6 is 0 Å². The molecule has 0 bridgehead atoms. The Morgan fingerprint density at radius 1 is 1.64 bits per heavy atom. The Labute approximate surface area is 83.8 Å². The van der Waals surface area contributed by atoms with Gasteiger partial charge in [0.1, 0.15) is 6.54 Å². The summed E-state index contributed by atoms with van der Waals surface area (Å²) in [4.78, 5) is 24.2. The first-order valence-electron chi connectivity index (χ1n) is 5.03. The number of amides is 3. The van der Waals surface area contributed by atoms with Gasteiger partial charge in [0.2, 0.25) is 5.91 Å². The van der Waals surface area contributed by atoms with Gasteiger partial charge in [-0.15, -0.1) is 0 Å². The second kappa shape index (κ2) is 5.47. The summed E-state index contributed by atoms with van der Waals surface area (Å²) in [6, 6.07) is -0.135. The van der Waals surface area contributed by atoms with Crippen molar-refractivity contribution in [3.05, 3.63) is 0 Å². The minimum absolute atomic E-state index is 0.0749. The highest BCUT2D eigenvalue weighted by atomic mass is 16.2. The van der Waals surface area contributed by atoms with Crippen molar-refractivity contribution in [1.82, 2.24) is 15.5 Å². The molecule has 0 atom stereocenters. The molecule has 5 nitrogen and oxygen atoms in total. The number of hydrogen-bond donors (Lipinski definition) is 2. The van der Waals surface area contributed by atoms with Gasteiger partial charge in [-0.25, -0.2) is 4.79 Å². The van der Waals surface area contributed by atoms with E-state index in [2.05, 4.69) is 10.6 Å². The lowest BCUT2D eigenvalue weighted by atomic mass is 10.4. The molecule has 0 aliphatic carbocycles. The van der Waals surface area contributed by atoms with Gasteiger partial charge in [-0.1, -0.05) is 6.92 Å². The number of urea groups is 1. The van der Waals surface area contributed by atoms with E-state index in [0.717, 1.165) is 12.8 Å². The normalized spacial score (nSPS) is 17.2. The Morgan fingerprint density at radius 2 is 2.43 bits per heavy atom. The van der Waals surface area contributed by atoms with Crippen LogP contribution in [-0.4, -0.2) is 43.0 Å². The molecule has 1 aliphatic rings. The predicted octanol–water partition coefficient (Wildman–Crippen LogP) is -0.0721. The Balaban J connectivity index is 2.40. The number of nitrogens with one attached hydrogen (secondary N) is 2. The first-order chi connectivity index (χ1) is 6.74. The monoisotopic (exact) mass is 199 g/mol. The SMILES string of the molecule is CCCNC(=O)N1CCCNC(=O)C1. The predicted molar refractivity (Wildman–Crippen MR) is 52.9 cm³/mol. The van der Waals surface area contributed by atoms with E-state index in [1.807, 2.05) is 6.92 Å². The minimum Gasteiger partial charge on any atom is -0.354 e. The van der Waals surface area contributed by atoms with E-state index in [-0.39, 0.29) is 18.5 Å². The van der Waals surface area contributed by atoms with Gasteiger partial charge in [-0.2, -0.15) is 0 Å². The Hall–Kier alpha value is -1.26. The van der Waals surface area contributed by atoms with Crippen LogP contribution in [0.2, 0.25) is 0 Å². The molecule has 5 heteroatoms. The van der Waals surface area contributed by atoms with Crippen molar-refractivity contribution in [2.75, 3.05) is 26.2 Å². The molecule has 1 heterocycles. The third-order valence-electron chi connectivity index (χ3n) is 2.07. The molecule has 3 amide bonds. The van der Waals surface area contributed by atoms with Gasteiger partial charge in [0.25, 0.3) is 0 Å². The van der Waals surface area contributed by atoms with Crippen LogP contribution in [0.25, 0.3) is 0 Å². The van der Waals surface area contributed by atoms with Crippen molar-refractivity contribution in [1.29, 1.82) is 0 Å². The summed E-state index contributed by atoms with van der Waals surface area (Å²) in [5, 5.41) is 5.48. The molecule has 1 saturated heterocycles. The molecule has 1 fully saturated rings. The Morgan fingerprint density at radius 3 is 3.14 bits per heavy atom. The number of nitrogens with zero attached hydrogens (tertiary/aromatic N) is 1. The fourth-order valence-corrected chi connectivity index (χ4v) is 1.32. The lowest BCUT2D eigenvalue weighted by Gasteiger charge is -2.19. The molecule has 80 valence electrons. The van der Waals surface area contributed by atoms with Crippen LogP contribution in [0.1, 0.15) is 19.8 Å². The highest BCUT2D eigenvalue weighted by Gasteiger charge is 2.18. The molecule has 0 aromatic carbocycles. The second-order valence-corrected chi connectivity index (χ2v) is 3.36. The second-order valence-electron chi connectivity index (χ2n) is 3.36. The van der Waals surface area contributed by atoms with Gasteiger partial charge in [0.05, 0.1) is 0 Å². The van der Waals surface area contributed by atoms with Gasteiger partial charge < -0.3 is 15.5 Å². The smallest absolute Gasteiger partial charge is 0.317 e. The van der Waals surface area contributed by atoms with Crippen LogP contribution < -0.4 is 10.6 Å². The molecule has 0 aromatic heterocycles. The molecule has 0 spiro atoms. The third kappa shape index (κ3) is 3.24. The molecule has 1 aliphatic heterocycles. The molecular weight excluding hydrogens is 182 g/mol. The van der Waals surface area contributed by atoms with Gasteiger partial charge in [-0.05, 0) is 12.8 Å². The lowest BCUT2D eigenvalue weighted by Crippen LogP contribution is -2.43. The maximum Gasteiger partial charge on any atom is 0.317 e. The van der Waals surface area contributed by atoms with E-state index in [4.69, 9.17) is 0 Å². The first kappa shape index (κ1) is 10.8. The van der Waals surface area contributed by atoms with E-state index in [1.165, 1.54) is 0 Å². The van der Waals surface area contributed by atoms with E-state index < -0.39 is 0 Å². The van der Waals surface area contributed by atoms with Crippen LogP contribution in [0.15, 0.2) is 0 Å². The number of rotatable bonds is 2. The van der Waals surface area contributed by atoms with Crippen molar-refractivity contribution < 1.29 is 9.59 Å². The highest BCUT2D eigenvalue weighted by Crippen LogP contribution is 1.96. The van der Waals surface area contributed by atoms with Gasteiger partial charge in [0, 0.05) is 19.6 Å². The standard InChI is InChI=1S/C9H17N3O2/c1-2-4-11-9(14)12-6-3-5-10-8(13)7-12/h2-7H2,1H3,(H,10,13)(H,11,14). The summed E-state index contributed by atoms with van der Waals surface area (Å²) in [6.07, 6.45) is 1.73. The zero-order valence-electron chi connectivity index (χ0n) is 8.51. The zero-order chi connectivity index (χ0) is 10.4. The maximum absolute atomic E-state index is 11.5. The van der Waals surface area contributed by atoms with Crippen LogP contribution in [-0.2, 0) is 4.79 Å². The van der Waals surface area contributed by atoms with E-state index >= 15 is 0 Å². The zero-order valence-corrected chi connectivity index (χ0v) is 8.51. The van der Waals surface area contributed by atoms with Crippen molar-refractivity contribution >= 4 is 11.9 Å². The largest absolute Gasteiger partial charge is 0.354 e. The Bertz CT molecular complexity index is 218. The first-order valence-corrected chi connectivity index (χ1v) is 5.03. The van der Waals surface area contributed by atoms with Crippen molar-refractivity contribution in [2.24, 2.45) is 0 Å². The molecular formula is C9H17N3O2. The minimum atomic E-state index is -0.135. The summed E-state index contributed by atoms with van der Waals surface area (Å²) < 4.78 is 0. The van der Waals surface area contributed by atoms with Crippen LogP contribution in [0.4, 0.5) is 4.79 Å². The highest BCUT2D eigenvalue weighted by molar-refractivity contribution is 5.84. The molecule has 2 N–H and O–H groups in total. The molecule has 0 unspecified atom stereocenters. The molecule has 14 heavy (non-hydrogen) atoms. The molecule has 1 rings (SSSR count). The summed E-state index contributed by atoms with van der Waals surface area (Å²) >= 11 is 0. The fraction of sp³-hybridized carbons (Fsp3) is 0.778. The number of carbonyl (C=O) groups is 2. The molecule has 0 aromatic rings. The van der Waals surface area contributed by atoms with Crippen LogP contribution in [0.3, 0.4) is 0 Å².